The quantitative estimate of drug-likeness (QED) is 0.691. The number of amidine groups is 2. The summed E-state index contributed by atoms with van der Waals surface area (Å²) in [5.41, 5.74) is 6.89. The third-order valence-corrected chi connectivity index (χ3v) is 4.62. The second-order valence-corrected chi connectivity index (χ2v) is 6.70. The van der Waals surface area contributed by atoms with E-state index in [4.69, 9.17) is 5.73 Å². The number of nitrogens with one attached hydrogen (secondary N) is 1. The maximum Gasteiger partial charge on any atom is 0.269 e. The van der Waals surface area contributed by atoms with Crippen LogP contribution < -0.4 is 16.0 Å². The molecule has 3 rings (SSSR count). The van der Waals surface area contributed by atoms with Gasteiger partial charge in [-0.25, -0.2) is 9.19 Å². The number of rotatable bonds is 8. The molecule has 1 aromatic heterocycles. The molecule has 0 radical (unpaired) electrons. The zero-order chi connectivity index (χ0) is 18.2. The van der Waals surface area contributed by atoms with Gasteiger partial charge in [-0.15, -0.1) is 8.80 Å². The fraction of sp³-hybridized carbons (Fsp3) is 0.278. The van der Waals surface area contributed by atoms with Crippen molar-refractivity contribution in [2.75, 3.05) is 18.0 Å². The minimum Gasteiger partial charge on any atom is -0.380 e. The number of pyridine rings is 1. The summed E-state index contributed by atoms with van der Waals surface area (Å²) in [6.45, 7) is 2.40. The maximum absolute atomic E-state index is 11.2. The Morgan fingerprint density at radius 3 is 2.54 bits per heavy atom. The average Bonchev–Trinajstić information content (AvgIpc) is 2.99. The van der Waals surface area contributed by atoms with Crippen LogP contribution >= 0.6 is 0 Å². The Bertz CT molecular complexity index is 794. The number of anilines is 1. The van der Waals surface area contributed by atoms with E-state index in [-0.39, 0.29) is 5.84 Å². The highest BCUT2D eigenvalue weighted by Crippen LogP contribution is 2.14. The van der Waals surface area contributed by atoms with Crippen LogP contribution in [-0.2, 0) is 17.7 Å². The van der Waals surface area contributed by atoms with Gasteiger partial charge < -0.3 is 16.0 Å². The number of hydrogen-bond acceptors (Lipinski definition) is 5. The summed E-state index contributed by atoms with van der Waals surface area (Å²) >= 11 is -1.57. The van der Waals surface area contributed by atoms with Crippen LogP contribution in [-0.4, -0.2) is 34.0 Å². The SMILES string of the molecule is NC1=NS(=O)N=C1NCCCCN(Cc1ccccc1)c1ccccn1. The van der Waals surface area contributed by atoms with Crippen molar-refractivity contribution in [3.8, 4) is 0 Å². The maximum atomic E-state index is 11.2. The van der Waals surface area contributed by atoms with E-state index in [9.17, 15) is 4.21 Å². The third kappa shape index (κ3) is 5.13. The zero-order valence-corrected chi connectivity index (χ0v) is 15.2. The van der Waals surface area contributed by atoms with Gasteiger partial charge in [0.25, 0.3) is 11.2 Å². The van der Waals surface area contributed by atoms with Crippen molar-refractivity contribution in [3.05, 3.63) is 60.3 Å². The average molecular weight is 370 g/mol. The van der Waals surface area contributed by atoms with Crippen LogP contribution in [0.3, 0.4) is 0 Å². The molecule has 0 amide bonds. The van der Waals surface area contributed by atoms with Crippen molar-refractivity contribution >= 4 is 28.7 Å². The molecule has 136 valence electrons. The van der Waals surface area contributed by atoms with Crippen LogP contribution in [0.15, 0.2) is 63.5 Å². The standard InChI is InChI=1S/C18H22N6OS/c19-17-18(23-26(25)22-17)21-12-6-7-13-24(16-10-4-5-11-20-16)14-15-8-2-1-3-9-15/h1-5,8-11H,6-7,12-14H2,(H2,19,22)(H,21,23). The van der Waals surface area contributed by atoms with Crippen molar-refractivity contribution in [3.63, 3.8) is 0 Å². The summed E-state index contributed by atoms with van der Waals surface area (Å²) in [6, 6.07) is 16.3. The minimum absolute atomic E-state index is 0.211. The molecular formula is C18H22N6OS. The van der Waals surface area contributed by atoms with E-state index in [1.54, 1.807) is 0 Å². The molecule has 0 spiro atoms. The molecule has 7 nitrogen and oxygen atoms in total. The van der Waals surface area contributed by atoms with E-state index >= 15 is 0 Å². The Morgan fingerprint density at radius 2 is 1.85 bits per heavy atom. The highest BCUT2D eigenvalue weighted by Gasteiger charge is 2.14. The fourth-order valence-corrected chi connectivity index (χ4v) is 3.26. The Hall–Kier alpha value is -2.74. The van der Waals surface area contributed by atoms with E-state index in [1.165, 1.54) is 5.56 Å². The molecule has 0 bridgehead atoms. The predicted molar refractivity (Wildman–Crippen MR) is 106 cm³/mol. The number of hydrogen-bond donors (Lipinski definition) is 2. The smallest absolute Gasteiger partial charge is 0.269 e. The summed E-state index contributed by atoms with van der Waals surface area (Å²) in [6.07, 6.45) is 3.72. The van der Waals surface area contributed by atoms with E-state index in [0.717, 1.165) is 31.7 Å². The minimum atomic E-state index is -1.57. The number of nitrogens with zero attached hydrogens (tertiary/aromatic N) is 4. The molecule has 2 aromatic rings. The van der Waals surface area contributed by atoms with Gasteiger partial charge in [0.2, 0.25) is 0 Å². The molecule has 1 aliphatic rings. The molecular weight excluding hydrogens is 348 g/mol. The van der Waals surface area contributed by atoms with Crippen LogP contribution in [0.5, 0.6) is 0 Å². The molecule has 0 saturated heterocycles. The summed E-state index contributed by atoms with van der Waals surface area (Å²) in [5, 5.41) is 3.09. The highest BCUT2D eigenvalue weighted by molar-refractivity contribution is 7.83. The number of aromatic nitrogens is 1. The van der Waals surface area contributed by atoms with Crippen molar-refractivity contribution in [1.82, 2.24) is 10.3 Å². The summed E-state index contributed by atoms with van der Waals surface area (Å²) in [4.78, 5) is 6.75. The van der Waals surface area contributed by atoms with Gasteiger partial charge in [0.1, 0.15) is 5.82 Å². The van der Waals surface area contributed by atoms with Gasteiger partial charge in [-0.1, -0.05) is 36.4 Å². The summed E-state index contributed by atoms with van der Waals surface area (Å²) in [7, 11) is 0. The summed E-state index contributed by atoms with van der Waals surface area (Å²) < 4.78 is 18.7. The first-order chi connectivity index (χ1) is 12.7. The number of nitrogens with two attached hydrogens (primary N) is 1. The molecule has 0 fully saturated rings. The Kier molecular flexibility index (Phi) is 6.32. The molecule has 2 heterocycles. The van der Waals surface area contributed by atoms with Crippen LogP contribution in [0.4, 0.5) is 5.82 Å². The first kappa shape index (κ1) is 18.1. The van der Waals surface area contributed by atoms with E-state index in [2.05, 4.69) is 36.1 Å². The molecule has 1 aliphatic heterocycles. The molecule has 0 saturated carbocycles. The monoisotopic (exact) mass is 370 g/mol. The fourth-order valence-electron chi connectivity index (χ4n) is 2.65. The van der Waals surface area contributed by atoms with Gasteiger partial charge >= 0.3 is 0 Å². The Morgan fingerprint density at radius 1 is 1.04 bits per heavy atom. The van der Waals surface area contributed by atoms with Gasteiger partial charge in [0.15, 0.2) is 11.7 Å². The van der Waals surface area contributed by atoms with Crippen molar-refractivity contribution in [1.29, 1.82) is 0 Å². The van der Waals surface area contributed by atoms with Crippen LogP contribution in [0, 0.1) is 0 Å². The van der Waals surface area contributed by atoms with E-state index < -0.39 is 11.2 Å². The van der Waals surface area contributed by atoms with Crippen LogP contribution in [0.2, 0.25) is 0 Å². The third-order valence-electron chi connectivity index (χ3n) is 3.93. The Balaban J connectivity index is 1.51. The second-order valence-electron chi connectivity index (χ2n) is 5.88. The molecule has 1 unspecified atom stereocenters. The first-order valence-electron chi connectivity index (χ1n) is 8.51. The second kappa shape index (κ2) is 9.10. The first-order valence-corrected chi connectivity index (χ1v) is 9.58. The zero-order valence-electron chi connectivity index (χ0n) is 14.4. The lowest BCUT2D eigenvalue weighted by Crippen LogP contribution is -2.35. The normalized spacial score (nSPS) is 16.1. The number of benzene rings is 1. The van der Waals surface area contributed by atoms with E-state index in [1.807, 2.05) is 42.6 Å². The van der Waals surface area contributed by atoms with Gasteiger partial charge in [0, 0.05) is 25.8 Å². The summed E-state index contributed by atoms with van der Waals surface area (Å²) in [5.74, 6) is 1.60. The highest BCUT2D eigenvalue weighted by atomic mass is 32.2. The molecule has 0 aliphatic carbocycles. The van der Waals surface area contributed by atoms with Gasteiger partial charge in [0.05, 0.1) is 0 Å². The van der Waals surface area contributed by atoms with E-state index in [0.29, 0.717) is 12.4 Å². The Labute approximate surface area is 155 Å². The molecule has 3 N–H and O–H groups in total. The van der Waals surface area contributed by atoms with Gasteiger partial charge in [-0.3, -0.25) is 0 Å². The lowest BCUT2D eigenvalue weighted by atomic mass is 10.2. The van der Waals surface area contributed by atoms with Crippen molar-refractivity contribution < 1.29 is 4.21 Å². The van der Waals surface area contributed by atoms with Crippen LogP contribution in [0.1, 0.15) is 18.4 Å². The van der Waals surface area contributed by atoms with Crippen molar-refractivity contribution in [2.45, 2.75) is 19.4 Å². The van der Waals surface area contributed by atoms with Gasteiger partial charge in [-0.2, -0.15) is 0 Å². The molecule has 26 heavy (non-hydrogen) atoms. The predicted octanol–water partition coefficient (Wildman–Crippen LogP) is 1.81. The lowest BCUT2D eigenvalue weighted by molar-refractivity contribution is 0.668. The van der Waals surface area contributed by atoms with Crippen molar-refractivity contribution in [2.24, 2.45) is 14.5 Å². The lowest BCUT2D eigenvalue weighted by Gasteiger charge is -2.24. The molecule has 1 atom stereocenters. The van der Waals surface area contributed by atoms with Gasteiger partial charge in [-0.05, 0) is 30.5 Å². The molecule has 8 heteroatoms. The largest absolute Gasteiger partial charge is 0.380 e. The topological polar surface area (TPSA) is 96.0 Å². The molecule has 1 aromatic carbocycles. The number of unbranched alkanes of at least 4 members (excludes halogenated alkanes) is 1. The van der Waals surface area contributed by atoms with Crippen LogP contribution in [0.25, 0.3) is 0 Å².